The Balaban J connectivity index is 1.02. The van der Waals surface area contributed by atoms with Crippen molar-refractivity contribution < 1.29 is 14.3 Å². The third-order valence-electron chi connectivity index (χ3n) is 7.67. The van der Waals surface area contributed by atoms with Gasteiger partial charge in [0.05, 0.1) is 0 Å². The summed E-state index contributed by atoms with van der Waals surface area (Å²) in [4.78, 5) is 17.1. The van der Waals surface area contributed by atoms with Gasteiger partial charge in [-0.2, -0.15) is 0 Å². The van der Waals surface area contributed by atoms with Crippen LogP contribution in [0.3, 0.4) is 0 Å². The van der Waals surface area contributed by atoms with Gasteiger partial charge < -0.3 is 14.4 Å². The van der Waals surface area contributed by atoms with Crippen LogP contribution in [-0.2, 0) is 22.5 Å². The van der Waals surface area contributed by atoms with E-state index < -0.39 is 0 Å². The smallest absolute Gasteiger partial charge is 0.251 e. The van der Waals surface area contributed by atoms with E-state index in [1.54, 1.807) is 0 Å². The number of ether oxygens (including phenoxy) is 2. The van der Waals surface area contributed by atoms with Gasteiger partial charge in [-0.25, -0.2) is 0 Å². The number of carbonyl (C=O) groups is 1. The van der Waals surface area contributed by atoms with E-state index in [1.807, 2.05) is 4.90 Å². The van der Waals surface area contributed by atoms with E-state index in [9.17, 15) is 4.79 Å². The van der Waals surface area contributed by atoms with Crippen molar-refractivity contribution in [1.82, 2.24) is 9.80 Å². The second-order valence-corrected chi connectivity index (χ2v) is 10.2. The van der Waals surface area contributed by atoms with E-state index in [-0.39, 0.29) is 18.1 Å². The van der Waals surface area contributed by atoms with E-state index in [2.05, 4.69) is 59.5 Å². The van der Waals surface area contributed by atoms with E-state index in [1.165, 1.54) is 43.5 Å². The van der Waals surface area contributed by atoms with Crippen LogP contribution in [0, 0.1) is 5.92 Å². The summed E-state index contributed by atoms with van der Waals surface area (Å²) in [5.74, 6) is 1.92. The van der Waals surface area contributed by atoms with Crippen molar-refractivity contribution >= 4 is 5.91 Å². The minimum Gasteiger partial charge on any atom is -0.490 e. The van der Waals surface area contributed by atoms with Crippen LogP contribution in [0.15, 0.2) is 54.6 Å². The molecule has 2 aromatic rings. The quantitative estimate of drug-likeness (QED) is 0.599. The van der Waals surface area contributed by atoms with Crippen LogP contribution in [0.5, 0.6) is 5.75 Å². The summed E-state index contributed by atoms with van der Waals surface area (Å²) in [5.41, 5.74) is 2.82. The molecule has 0 bridgehead atoms. The number of benzene rings is 2. The van der Waals surface area contributed by atoms with Gasteiger partial charge in [0.15, 0.2) is 0 Å². The Hall–Kier alpha value is -2.37. The third-order valence-corrected chi connectivity index (χ3v) is 7.67. The average Bonchev–Trinajstić information content (AvgIpc) is 3.42. The molecule has 3 saturated heterocycles. The topological polar surface area (TPSA) is 42.0 Å². The summed E-state index contributed by atoms with van der Waals surface area (Å²) in [6.07, 6.45) is 7.39. The van der Waals surface area contributed by atoms with Crippen molar-refractivity contribution in [2.24, 2.45) is 5.92 Å². The lowest BCUT2D eigenvalue weighted by atomic mass is 9.90. The fourth-order valence-corrected chi connectivity index (χ4v) is 5.59. The Labute approximate surface area is 204 Å². The minimum atomic E-state index is -0.209. The normalized spacial score (nSPS) is 22.7. The first-order valence-electron chi connectivity index (χ1n) is 13.2. The maximum absolute atomic E-state index is 12.5. The van der Waals surface area contributed by atoms with Crippen LogP contribution in [0.25, 0.3) is 0 Å². The molecule has 1 atom stereocenters. The molecule has 3 fully saturated rings. The maximum Gasteiger partial charge on any atom is 0.251 e. The van der Waals surface area contributed by atoms with E-state index in [4.69, 9.17) is 9.47 Å². The lowest BCUT2D eigenvalue weighted by molar-refractivity contribution is -0.142. The standard InChI is InChI=1S/C29H38N2O3/c32-29(28-7-4-20-33-28)31-18-14-27(15-19-31)34-26-10-8-25(9-11-26)22-30-16-12-24(13-17-30)21-23-5-2-1-3-6-23/h1-3,5-6,8-11,24,27-28H,4,7,12-22H2. The van der Waals surface area contributed by atoms with Gasteiger partial charge >= 0.3 is 0 Å². The summed E-state index contributed by atoms with van der Waals surface area (Å²) in [6, 6.07) is 19.5. The zero-order valence-electron chi connectivity index (χ0n) is 20.2. The van der Waals surface area contributed by atoms with Crippen molar-refractivity contribution in [2.45, 2.75) is 63.7 Å². The molecule has 3 aliphatic heterocycles. The fourth-order valence-electron chi connectivity index (χ4n) is 5.59. The van der Waals surface area contributed by atoms with Gasteiger partial charge in [-0.1, -0.05) is 42.5 Å². The summed E-state index contributed by atoms with van der Waals surface area (Å²) in [5, 5.41) is 0. The van der Waals surface area contributed by atoms with Crippen LogP contribution in [0.4, 0.5) is 0 Å². The predicted molar refractivity (Wildman–Crippen MR) is 134 cm³/mol. The molecule has 5 heteroatoms. The van der Waals surface area contributed by atoms with Gasteiger partial charge in [0.2, 0.25) is 0 Å². The van der Waals surface area contributed by atoms with Crippen LogP contribution >= 0.6 is 0 Å². The Morgan fingerprint density at radius 2 is 1.59 bits per heavy atom. The Morgan fingerprint density at radius 3 is 2.26 bits per heavy atom. The first-order chi connectivity index (χ1) is 16.7. The summed E-state index contributed by atoms with van der Waals surface area (Å²) >= 11 is 0. The zero-order valence-corrected chi connectivity index (χ0v) is 20.2. The number of likely N-dealkylation sites (tertiary alicyclic amines) is 2. The average molecular weight is 463 g/mol. The number of rotatable bonds is 7. The molecule has 0 aliphatic carbocycles. The molecule has 3 aliphatic rings. The van der Waals surface area contributed by atoms with E-state index >= 15 is 0 Å². The van der Waals surface area contributed by atoms with Gasteiger partial charge in [-0.05, 0) is 74.4 Å². The number of hydrogen-bond acceptors (Lipinski definition) is 4. The second kappa shape index (κ2) is 11.4. The van der Waals surface area contributed by atoms with Crippen molar-refractivity contribution in [1.29, 1.82) is 0 Å². The largest absolute Gasteiger partial charge is 0.490 e. The van der Waals surface area contributed by atoms with Crippen molar-refractivity contribution in [3.63, 3.8) is 0 Å². The minimum absolute atomic E-state index is 0.171. The highest BCUT2D eigenvalue weighted by atomic mass is 16.5. The molecule has 1 unspecified atom stereocenters. The predicted octanol–water partition coefficient (Wildman–Crippen LogP) is 4.69. The fraction of sp³-hybridized carbons (Fsp3) is 0.552. The van der Waals surface area contributed by atoms with Crippen LogP contribution in [0.2, 0.25) is 0 Å². The molecule has 0 aromatic heterocycles. The summed E-state index contributed by atoms with van der Waals surface area (Å²) in [6.45, 7) is 5.63. The molecule has 1 amide bonds. The molecule has 182 valence electrons. The van der Waals surface area contributed by atoms with Gasteiger partial charge in [0, 0.05) is 39.1 Å². The molecule has 0 saturated carbocycles. The van der Waals surface area contributed by atoms with E-state index in [0.29, 0.717) is 0 Å². The first-order valence-corrected chi connectivity index (χ1v) is 13.2. The third kappa shape index (κ3) is 6.19. The molecular formula is C29H38N2O3. The molecule has 0 spiro atoms. The molecule has 0 radical (unpaired) electrons. The first kappa shape index (κ1) is 23.4. The lowest BCUT2D eigenvalue weighted by Gasteiger charge is -2.33. The van der Waals surface area contributed by atoms with Gasteiger partial charge in [-0.15, -0.1) is 0 Å². The SMILES string of the molecule is O=C(C1CCCO1)N1CCC(Oc2ccc(CN3CCC(Cc4ccccc4)CC3)cc2)CC1. The molecule has 2 aromatic carbocycles. The molecule has 34 heavy (non-hydrogen) atoms. The number of hydrogen-bond donors (Lipinski definition) is 0. The number of nitrogens with zero attached hydrogens (tertiary/aromatic N) is 2. The Morgan fingerprint density at radius 1 is 0.853 bits per heavy atom. The van der Waals surface area contributed by atoms with Gasteiger partial charge in [0.1, 0.15) is 18.0 Å². The Bertz CT molecular complexity index is 895. The highest BCUT2D eigenvalue weighted by molar-refractivity contribution is 5.81. The monoisotopic (exact) mass is 462 g/mol. The van der Waals surface area contributed by atoms with Crippen molar-refractivity contribution in [3.05, 3.63) is 65.7 Å². The molecular weight excluding hydrogens is 424 g/mol. The summed E-state index contributed by atoms with van der Waals surface area (Å²) in [7, 11) is 0. The number of carbonyl (C=O) groups excluding carboxylic acids is 1. The highest BCUT2D eigenvalue weighted by Crippen LogP contribution is 2.25. The number of piperidine rings is 2. The summed E-state index contributed by atoms with van der Waals surface area (Å²) < 4.78 is 11.8. The van der Waals surface area contributed by atoms with Crippen molar-refractivity contribution in [2.75, 3.05) is 32.8 Å². The van der Waals surface area contributed by atoms with Gasteiger partial charge in [0.25, 0.3) is 5.91 Å². The van der Waals surface area contributed by atoms with Crippen molar-refractivity contribution in [3.8, 4) is 5.75 Å². The molecule has 5 nitrogen and oxygen atoms in total. The van der Waals surface area contributed by atoms with E-state index in [0.717, 1.165) is 63.6 Å². The zero-order chi connectivity index (χ0) is 23.2. The second-order valence-electron chi connectivity index (χ2n) is 10.2. The molecule has 5 rings (SSSR count). The molecule has 0 N–H and O–H groups in total. The maximum atomic E-state index is 12.5. The molecule has 3 heterocycles. The highest BCUT2D eigenvalue weighted by Gasteiger charge is 2.31. The number of amides is 1. The van der Waals surface area contributed by atoms with Crippen LogP contribution in [0.1, 0.15) is 49.7 Å². The van der Waals surface area contributed by atoms with Gasteiger partial charge in [-0.3, -0.25) is 9.69 Å². The van der Waals surface area contributed by atoms with Crippen LogP contribution < -0.4 is 4.74 Å². The van der Waals surface area contributed by atoms with Crippen LogP contribution in [-0.4, -0.2) is 60.7 Å². The Kier molecular flexibility index (Phi) is 7.82. The lowest BCUT2D eigenvalue weighted by Crippen LogP contribution is -2.45.